The maximum absolute atomic E-state index is 5.78. The van der Waals surface area contributed by atoms with Gasteiger partial charge in [-0.25, -0.2) is 14.5 Å². The molecule has 4 rings (SSSR count). The molecule has 1 aliphatic heterocycles. The summed E-state index contributed by atoms with van der Waals surface area (Å²) in [5, 5.41) is 4.79. The maximum Gasteiger partial charge on any atom is 0.180 e. The number of nitrogen functional groups attached to an aromatic ring is 1. The fourth-order valence-corrected chi connectivity index (χ4v) is 3.54. The largest absolute Gasteiger partial charge is 0.375 e. The molecule has 20 heavy (non-hydrogen) atoms. The second-order valence-electron chi connectivity index (χ2n) is 4.98. The van der Waals surface area contributed by atoms with Crippen LogP contribution in [0.3, 0.4) is 0 Å². The van der Waals surface area contributed by atoms with Crippen molar-refractivity contribution in [1.82, 2.24) is 24.5 Å². The summed E-state index contributed by atoms with van der Waals surface area (Å²) in [5.41, 5.74) is 9.10. The third kappa shape index (κ3) is 2.04. The Hall–Kier alpha value is -1.99. The summed E-state index contributed by atoms with van der Waals surface area (Å²) in [6, 6.07) is 4.18. The van der Waals surface area contributed by atoms with Gasteiger partial charge in [-0.2, -0.15) is 5.10 Å². The molecule has 3 aromatic rings. The predicted octanol–water partition coefficient (Wildman–Crippen LogP) is 1.33. The molecule has 0 aromatic carbocycles. The Morgan fingerprint density at radius 3 is 3.30 bits per heavy atom. The van der Waals surface area contributed by atoms with Crippen molar-refractivity contribution in [2.75, 3.05) is 12.3 Å². The van der Waals surface area contributed by atoms with Gasteiger partial charge in [0.15, 0.2) is 10.8 Å². The number of hydrogen-bond donors (Lipinski definition) is 1. The van der Waals surface area contributed by atoms with Crippen LogP contribution in [-0.2, 0) is 19.5 Å². The van der Waals surface area contributed by atoms with E-state index in [1.165, 1.54) is 16.1 Å². The smallest absolute Gasteiger partial charge is 0.180 e. The molecule has 7 heteroatoms. The van der Waals surface area contributed by atoms with Crippen molar-refractivity contribution < 1.29 is 0 Å². The molecule has 0 saturated carbocycles. The van der Waals surface area contributed by atoms with E-state index >= 15 is 0 Å². The lowest BCUT2D eigenvalue weighted by Gasteiger charge is -2.25. The van der Waals surface area contributed by atoms with Crippen LogP contribution < -0.4 is 5.73 Å². The Kier molecular flexibility index (Phi) is 2.68. The SMILES string of the molecule is Nc1nc2c(s1)CN(Cc1ccn3ncnc3c1)CC2. The topological polar surface area (TPSA) is 72.3 Å². The number of rotatable bonds is 2. The predicted molar refractivity (Wildman–Crippen MR) is 77.3 cm³/mol. The monoisotopic (exact) mass is 286 g/mol. The molecule has 4 heterocycles. The first-order valence-corrected chi connectivity index (χ1v) is 7.34. The van der Waals surface area contributed by atoms with Crippen LogP contribution in [0.4, 0.5) is 5.13 Å². The molecule has 0 amide bonds. The molecule has 0 saturated heterocycles. The molecule has 102 valence electrons. The molecular weight excluding hydrogens is 272 g/mol. The first-order valence-electron chi connectivity index (χ1n) is 6.52. The molecule has 0 unspecified atom stereocenters. The van der Waals surface area contributed by atoms with Gasteiger partial charge in [-0.3, -0.25) is 4.90 Å². The van der Waals surface area contributed by atoms with E-state index in [-0.39, 0.29) is 0 Å². The Bertz CT molecular complexity index is 761. The highest BCUT2D eigenvalue weighted by atomic mass is 32.1. The van der Waals surface area contributed by atoms with Gasteiger partial charge in [0.25, 0.3) is 0 Å². The molecule has 6 nitrogen and oxygen atoms in total. The standard InChI is InChI=1S/C13H14N6S/c14-13-17-10-2-3-18(7-11(10)20-13)6-9-1-4-19-12(5-9)15-8-16-19/h1,4-5,8H,2-3,6-7H2,(H2,14,17). The summed E-state index contributed by atoms with van der Waals surface area (Å²) in [6.45, 7) is 2.87. The van der Waals surface area contributed by atoms with Crippen molar-refractivity contribution in [2.24, 2.45) is 0 Å². The highest BCUT2D eigenvalue weighted by molar-refractivity contribution is 7.15. The molecule has 2 N–H and O–H groups in total. The van der Waals surface area contributed by atoms with Crippen LogP contribution in [0.1, 0.15) is 16.1 Å². The molecule has 0 radical (unpaired) electrons. The lowest BCUT2D eigenvalue weighted by atomic mass is 10.1. The lowest BCUT2D eigenvalue weighted by molar-refractivity contribution is 0.247. The number of nitrogens with two attached hydrogens (primary N) is 1. The number of thiazole rings is 1. The zero-order valence-corrected chi connectivity index (χ0v) is 11.7. The van der Waals surface area contributed by atoms with Crippen LogP contribution in [0.15, 0.2) is 24.7 Å². The van der Waals surface area contributed by atoms with E-state index in [4.69, 9.17) is 5.73 Å². The molecule has 0 fully saturated rings. The van der Waals surface area contributed by atoms with Crippen LogP contribution >= 0.6 is 11.3 Å². The van der Waals surface area contributed by atoms with E-state index in [1.54, 1.807) is 22.2 Å². The molecule has 1 aliphatic rings. The second-order valence-corrected chi connectivity index (χ2v) is 6.10. The fraction of sp³-hybridized carbons (Fsp3) is 0.308. The first kappa shape index (κ1) is 11.8. The van der Waals surface area contributed by atoms with Gasteiger partial charge in [0.2, 0.25) is 0 Å². The number of hydrogen-bond acceptors (Lipinski definition) is 6. The molecule has 0 atom stereocenters. The molecular formula is C13H14N6S. The van der Waals surface area contributed by atoms with Gasteiger partial charge in [0, 0.05) is 37.1 Å². The number of nitrogens with zero attached hydrogens (tertiary/aromatic N) is 5. The second kappa shape index (κ2) is 4.53. The minimum absolute atomic E-state index is 0.682. The van der Waals surface area contributed by atoms with E-state index < -0.39 is 0 Å². The normalized spacial score (nSPS) is 15.6. The van der Waals surface area contributed by atoms with Crippen molar-refractivity contribution in [1.29, 1.82) is 0 Å². The van der Waals surface area contributed by atoms with Crippen molar-refractivity contribution in [3.63, 3.8) is 0 Å². The van der Waals surface area contributed by atoms with Crippen LogP contribution in [0.25, 0.3) is 5.65 Å². The van der Waals surface area contributed by atoms with Gasteiger partial charge in [-0.15, -0.1) is 11.3 Å². The summed E-state index contributed by atoms with van der Waals surface area (Å²) in [7, 11) is 0. The van der Waals surface area contributed by atoms with Crippen LogP contribution in [0, 0.1) is 0 Å². The van der Waals surface area contributed by atoms with Crippen LogP contribution in [0.5, 0.6) is 0 Å². The molecule has 0 aliphatic carbocycles. The van der Waals surface area contributed by atoms with Gasteiger partial charge in [-0.1, -0.05) is 0 Å². The van der Waals surface area contributed by atoms with Gasteiger partial charge in [0.05, 0.1) is 5.69 Å². The Morgan fingerprint density at radius 2 is 2.35 bits per heavy atom. The Balaban J connectivity index is 1.54. The third-order valence-corrected chi connectivity index (χ3v) is 4.49. The third-order valence-electron chi connectivity index (χ3n) is 3.58. The van der Waals surface area contributed by atoms with E-state index in [0.29, 0.717) is 5.13 Å². The summed E-state index contributed by atoms with van der Waals surface area (Å²) in [4.78, 5) is 12.3. The number of pyridine rings is 1. The minimum atomic E-state index is 0.682. The molecule has 3 aromatic heterocycles. The van der Waals surface area contributed by atoms with Crippen molar-refractivity contribution in [3.05, 3.63) is 40.8 Å². The number of aromatic nitrogens is 4. The summed E-state index contributed by atoms with van der Waals surface area (Å²) in [6.07, 6.45) is 4.51. The zero-order chi connectivity index (χ0) is 13.5. The zero-order valence-electron chi connectivity index (χ0n) is 10.9. The van der Waals surface area contributed by atoms with Gasteiger partial charge in [-0.05, 0) is 17.7 Å². The molecule has 0 spiro atoms. The van der Waals surface area contributed by atoms with E-state index in [9.17, 15) is 0 Å². The van der Waals surface area contributed by atoms with Crippen molar-refractivity contribution in [3.8, 4) is 0 Å². The van der Waals surface area contributed by atoms with Crippen molar-refractivity contribution in [2.45, 2.75) is 19.5 Å². The molecule has 0 bridgehead atoms. The number of fused-ring (bicyclic) bond motifs is 2. The summed E-state index contributed by atoms with van der Waals surface area (Å²) in [5.74, 6) is 0. The van der Waals surface area contributed by atoms with Crippen LogP contribution in [-0.4, -0.2) is 31.0 Å². The summed E-state index contributed by atoms with van der Waals surface area (Å²) < 4.78 is 1.78. The quantitative estimate of drug-likeness (QED) is 0.769. The average Bonchev–Trinajstić information content (AvgIpc) is 3.02. The first-order chi connectivity index (χ1) is 9.78. The van der Waals surface area contributed by atoms with Gasteiger partial charge >= 0.3 is 0 Å². The van der Waals surface area contributed by atoms with E-state index in [0.717, 1.165) is 31.7 Å². The highest BCUT2D eigenvalue weighted by Crippen LogP contribution is 2.27. The van der Waals surface area contributed by atoms with E-state index in [2.05, 4.69) is 32.1 Å². The minimum Gasteiger partial charge on any atom is -0.375 e. The number of anilines is 1. The fourth-order valence-electron chi connectivity index (χ4n) is 2.62. The summed E-state index contributed by atoms with van der Waals surface area (Å²) >= 11 is 1.61. The maximum atomic E-state index is 5.78. The van der Waals surface area contributed by atoms with E-state index in [1.807, 2.05) is 6.20 Å². The van der Waals surface area contributed by atoms with Gasteiger partial charge < -0.3 is 5.73 Å². The highest BCUT2D eigenvalue weighted by Gasteiger charge is 2.20. The van der Waals surface area contributed by atoms with Crippen molar-refractivity contribution >= 4 is 22.1 Å². The van der Waals surface area contributed by atoms with Gasteiger partial charge in [0.1, 0.15) is 6.33 Å². The Labute approximate surface area is 119 Å². The van der Waals surface area contributed by atoms with Crippen LogP contribution in [0.2, 0.25) is 0 Å². The lowest BCUT2D eigenvalue weighted by Crippen LogP contribution is -2.29. The Morgan fingerprint density at radius 1 is 1.40 bits per heavy atom. The average molecular weight is 286 g/mol.